The third-order valence-corrected chi connectivity index (χ3v) is 4.69. The highest BCUT2D eigenvalue weighted by Crippen LogP contribution is 2.44. The number of amides is 2. The van der Waals surface area contributed by atoms with Crippen molar-refractivity contribution in [2.24, 2.45) is 5.92 Å². The van der Waals surface area contributed by atoms with Gasteiger partial charge in [-0.1, -0.05) is 12.1 Å². The molecule has 3 N–H and O–H groups in total. The van der Waals surface area contributed by atoms with Gasteiger partial charge in [0, 0.05) is 5.56 Å². The zero-order valence-corrected chi connectivity index (χ0v) is 15.0. The highest BCUT2D eigenvalue weighted by atomic mass is 19.4. The largest absolute Gasteiger partial charge is 0.497 e. The minimum atomic E-state index is -5.37. The SMILES string of the molecule is COc1ccc([C@@H]2NC(=O)N[C@@](O)(C(F)(F)F)[C@@H]2C(=O)c2ccc(F)cc2)cc1. The molecule has 1 aliphatic heterocycles. The maximum absolute atomic E-state index is 13.8. The molecule has 0 bridgehead atoms. The second-order valence-electron chi connectivity index (χ2n) is 6.46. The van der Waals surface area contributed by atoms with Crippen LogP contribution < -0.4 is 15.4 Å². The number of nitrogens with one attached hydrogen (secondary N) is 2. The van der Waals surface area contributed by atoms with E-state index in [2.05, 4.69) is 5.32 Å². The van der Waals surface area contributed by atoms with Crippen LogP contribution in [-0.2, 0) is 0 Å². The third-order valence-electron chi connectivity index (χ3n) is 4.69. The van der Waals surface area contributed by atoms with Gasteiger partial charge < -0.3 is 20.5 Å². The molecule has 3 rings (SSSR count). The molecule has 0 spiro atoms. The van der Waals surface area contributed by atoms with Gasteiger partial charge in [-0.25, -0.2) is 9.18 Å². The van der Waals surface area contributed by atoms with E-state index in [1.165, 1.54) is 36.7 Å². The quantitative estimate of drug-likeness (QED) is 0.532. The second-order valence-corrected chi connectivity index (χ2v) is 6.46. The lowest BCUT2D eigenvalue weighted by Gasteiger charge is -2.45. The summed E-state index contributed by atoms with van der Waals surface area (Å²) in [5.74, 6) is -3.59. The summed E-state index contributed by atoms with van der Waals surface area (Å²) in [5.41, 5.74) is -3.95. The lowest BCUT2D eigenvalue weighted by atomic mass is 9.77. The van der Waals surface area contributed by atoms with Crippen LogP contribution in [-0.4, -0.2) is 35.9 Å². The van der Waals surface area contributed by atoms with Crippen molar-refractivity contribution in [2.45, 2.75) is 17.9 Å². The molecule has 0 aromatic heterocycles. The summed E-state index contributed by atoms with van der Waals surface area (Å²) in [6.45, 7) is 0. The van der Waals surface area contributed by atoms with Crippen molar-refractivity contribution in [3.8, 4) is 5.75 Å². The first kappa shape index (κ1) is 20.6. The zero-order valence-electron chi connectivity index (χ0n) is 15.0. The maximum atomic E-state index is 13.8. The lowest BCUT2D eigenvalue weighted by Crippen LogP contribution is -2.72. The van der Waals surface area contributed by atoms with Gasteiger partial charge >= 0.3 is 12.2 Å². The van der Waals surface area contributed by atoms with Crippen molar-refractivity contribution >= 4 is 11.8 Å². The first-order chi connectivity index (χ1) is 13.6. The smallest absolute Gasteiger partial charge is 0.437 e. The first-order valence-corrected chi connectivity index (χ1v) is 8.38. The third kappa shape index (κ3) is 3.75. The van der Waals surface area contributed by atoms with E-state index in [0.717, 1.165) is 24.3 Å². The number of carbonyl (C=O) groups excluding carboxylic acids is 2. The van der Waals surface area contributed by atoms with E-state index in [1.807, 2.05) is 0 Å². The monoisotopic (exact) mass is 412 g/mol. The summed E-state index contributed by atoms with van der Waals surface area (Å²) in [6.07, 6.45) is -5.37. The fourth-order valence-corrected chi connectivity index (χ4v) is 3.22. The van der Waals surface area contributed by atoms with Gasteiger partial charge in [0.1, 0.15) is 17.5 Å². The number of carbonyl (C=O) groups is 2. The number of hydrogen-bond acceptors (Lipinski definition) is 4. The summed E-state index contributed by atoms with van der Waals surface area (Å²) in [5, 5.41) is 14.1. The molecule has 154 valence electrons. The summed E-state index contributed by atoms with van der Waals surface area (Å²) in [4.78, 5) is 24.9. The molecule has 0 radical (unpaired) electrons. The normalized spacial score (nSPS) is 24.4. The fourth-order valence-electron chi connectivity index (χ4n) is 3.22. The number of methoxy groups -OCH3 is 1. The van der Waals surface area contributed by atoms with Crippen molar-refractivity contribution < 1.29 is 37.0 Å². The molecule has 29 heavy (non-hydrogen) atoms. The Bertz CT molecular complexity index is 915. The van der Waals surface area contributed by atoms with Gasteiger partial charge in [0.05, 0.1) is 13.2 Å². The van der Waals surface area contributed by atoms with E-state index in [0.29, 0.717) is 5.75 Å². The molecule has 6 nitrogen and oxygen atoms in total. The topological polar surface area (TPSA) is 87.7 Å². The van der Waals surface area contributed by atoms with E-state index in [9.17, 15) is 32.3 Å². The molecule has 1 aliphatic rings. The van der Waals surface area contributed by atoms with Gasteiger partial charge in [-0.15, -0.1) is 0 Å². The Labute approximate surface area is 162 Å². The molecule has 1 fully saturated rings. The van der Waals surface area contributed by atoms with Crippen LogP contribution in [0.2, 0.25) is 0 Å². The molecule has 1 saturated heterocycles. The molecule has 0 aliphatic carbocycles. The number of aliphatic hydroxyl groups is 1. The number of alkyl halides is 3. The molecule has 0 unspecified atom stereocenters. The van der Waals surface area contributed by atoms with E-state index >= 15 is 0 Å². The van der Waals surface area contributed by atoms with Gasteiger partial charge in [-0.05, 0) is 42.0 Å². The standard InChI is InChI=1S/C19H16F4N2O4/c1-29-13-8-4-10(5-9-13)15-14(16(26)11-2-6-12(20)7-3-11)18(28,19(21,22)23)25-17(27)24-15/h2-9,14-15,28H,1H3,(H2,24,25,27)/t14-,15-,18-/m0/s1. The van der Waals surface area contributed by atoms with Gasteiger partial charge in [0.15, 0.2) is 5.78 Å². The van der Waals surface area contributed by atoms with E-state index in [4.69, 9.17) is 4.74 Å². The summed E-state index contributed by atoms with van der Waals surface area (Å²) in [6, 6.07) is 6.66. The van der Waals surface area contributed by atoms with Crippen LogP contribution in [0.15, 0.2) is 48.5 Å². The highest BCUT2D eigenvalue weighted by molar-refractivity contribution is 6.00. The number of ketones is 1. The molecule has 2 aromatic carbocycles. The molecular weight excluding hydrogens is 396 g/mol. The average molecular weight is 412 g/mol. The summed E-state index contributed by atoms with van der Waals surface area (Å²) < 4.78 is 59.5. The van der Waals surface area contributed by atoms with Crippen LogP contribution in [0.3, 0.4) is 0 Å². The average Bonchev–Trinajstić information content (AvgIpc) is 2.67. The highest BCUT2D eigenvalue weighted by Gasteiger charge is 2.66. The van der Waals surface area contributed by atoms with Crippen LogP contribution in [0.5, 0.6) is 5.75 Å². The number of urea groups is 1. The van der Waals surface area contributed by atoms with E-state index in [1.54, 1.807) is 0 Å². The number of halogens is 4. The molecule has 10 heteroatoms. The van der Waals surface area contributed by atoms with Crippen molar-refractivity contribution in [3.05, 3.63) is 65.5 Å². The van der Waals surface area contributed by atoms with E-state index in [-0.39, 0.29) is 11.1 Å². The summed E-state index contributed by atoms with van der Waals surface area (Å²) in [7, 11) is 1.39. The van der Waals surface area contributed by atoms with Crippen LogP contribution in [0.4, 0.5) is 22.4 Å². The predicted octanol–water partition coefficient (Wildman–Crippen LogP) is 2.94. The fraction of sp³-hybridized carbons (Fsp3) is 0.263. The Morgan fingerprint density at radius 3 is 2.21 bits per heavy atom. The Morgan fingerprint density at radius 1 is 1.10 bits per heavy atom. The number of benzene rings is 2. The molecule has 2 amide bonds. The Hall–Kier alpha value is -3.14. The van der Waals surface area contributed by atoms with Gasteiger partial charge in [-0.3, -0.25) is 4.79 Å². The summed E-state index contributed by atoms with van der Waals surface area (Å²) >= 11 is 0. The lowest BCUT2D eigenvalue weighted by molar-refractivity contribution is -0.287. The van der Waals surface area contributed by atoms with E-state index < -0.39 is 41.5 Å². The minimum Gasteiger partial charge on any atom is -0.497 e. The van der Waals surface area contributed by atoms with Crippen LogP contribution in [0.1, 0.15) is 22.0 Å². The van der Waals surface area contributed by atoms with Gasteiger partial charge in [0.25, 0.3) is 0 Å². The Kier molecular flexibility index (Phi) is 5.22. The molecular formula is C19H16F4N2O4. The number of rotatable bonds is 4. The van der Waals surface area contributed by atoms with Crippen molar-refractivity contribution in [2.75, 3.05) is 7.11 Å². The molecule has 1 heterocycles. The van der Waals surface area contributed by atoms with Crippen molar-refractivity contribution in [3.63, 3.8) is 0 Å². The number of Topliss-reactive ketones (excluding diaryl/α,β-unsaturated/α-hetero) is 1. The van der Waals surface area contributed by atoms with Crippen molar-refractivity contribution in [1.82, 2.24) is 10.6 Å². The Morgan fingerprint density at radius 2 is 1.69 bits per heavy atom. The molecule has 0 saturated carbocycles. The van der Waals surface area contributed by atoms with Gasteiger partial charge in [-0.2, -0.15) is 13.2 Å². The Balaban J connectivity index is 2.13. The van der Waals surface area contributed by atoms with Crippen LogP contribution >= 0.6 is 0 Å². The number of hydrogen-bond donors (Lipinski definition) is 3. The predicted molar refractivity (Wildman–Crippen MR) is 92.6 cm³/mol. The number of ether oxygens (including phenoxy) is 1. The zero-order chi connectivity index (χ0) is 21.4. The van der Waals surface area contributed by atoms with Crippen LogP contribution in [0, 0.1) is 11.7 Å². The van der Waals surface area contributed by atoms with Crippen LogP contribution in [0.25, 0.3) is 0 Å². The molecule has 2 aromatic rings. The van der Waals surface area contributed by atoms with Crippen molar-refractivity contribution in [1.29, 1.82) is 0 Å². The maximum Gasteiger partial charge on any atom is 0.437 e. The second kappa shape index (κ2) is 7.36. The molecule has 3 atom stereocenters. The van der Waals surface area contributed by atoms with Gasteiger partial charge in [0.2, 0.25) is 5.72 Å². The first-order valence-electron chi connectivity index (χ1n) is 8.38. The minimum absolute atomic E-state index is 0.142.